The van der Waals surface area contributed by atoms with Crippen LogP contribution in [0.3, 0.4) is 0 Å². The van der Waals surface area contributed by atoms with Crippen molar-refractivity contribution in [1.82, 2.24) is 24.3 Å². The van der Waals surface area contributed by atoms with Crippen LogP contribution in [-0.2, 0) is 22.6 Å². The number of methoxy groups -OCH3 is 1. The molecule has 11 nitrogen and oxygen atoms in total. The predicted octanol–water partition coefficient (Wildman–Crippen LogP) is 4.96. The van der Waals surface area contributed by atoms with Gasteiger partial charge >= 0.3 is 10.8 Å². The molecule has 1 aliphatic heterocycles. The molecule has 0 spiro atoms. The van der Waals surface area contributed by atoms with Crippen LogP contribution in [0.4, 0.5) is 22.0 Å². The Bertz CT molecular complexity index is 1470. The lowest BCUT2D eigenvalue weighted by Crippen LogP contribution is -2.31. The molecule has 0 aliphatic carbocycles. The van der Waals surface area contributed by atoms with E-state index in [2.05, 4.69) is 35.3 Å². The molecule has 0 bridgehead atoms. The molecule has 4 rings (SSSR count). The molecule has 0 amide bonds. The van der Waals surface area contributed by atoms with Gasteiger partial charge in [-0.3, -0.25) is 14.3 Å². The Kier molecular flexibility index (Phi) is 11.4. The first-order chi connectivity index (χ1) is 18.9. The minimum absolute atomic E-state index is 0.0605. The topological polar surface area (TPSA) is 128 Å². The number of carbonyl (C=O) groups is 1. The lowest BCUT2D eigenvalue weighted by molar-refractivity contribution is -0.137. The summed E-state index contributed by atoms with van der Waals surface area (Å²) in [5.41, 5.74) is -0.0201. The van der Waals surface area contributed by atoms with Gasteiger partial charge in [0.2, 0.25) is 22.0 Å². The quantitative estimate of drug-likeness (QED) is 0.274. The third kappa shape index (κ3) is 9.18. The molecule has 0 saturated heterocycles. The molecule has 0 radical (unpaired) electrons. The zero-order chi connectivity index (χ0) is 29.4. The molecule has 3 heterocycles. The van der Waals surface area contributed by atoms with Gasteiger partial charge in [-0.05, 0) is 75.6 Å². The monoisotopic (exact) mass is 632 g/mol. The van der Waals surface area contributed by atoms with Gasteiger partial charge in [0.05, 0.1) is 17.9 Å². The first kappa shape index (κ1) is 31.8. The Morgan fingerprint density at radius 3 is 2.50 bits per heavy atom. The molecule has 0 saturated carbocycles. The number of esters is 1. The van der Waals surface area contributed by atoms with Crippen molar-refractivity contribution >= 4 is 69.9 Å². The maximum Gasteiger partial charge on any atom is 0.325 e. The van der Waals surface area contributed by atoms with Crippen molar-refractivity contribution in [2.24, 2.45) is 4.99 Å². The highest BCUT2D eigenvalue weighted by atomic mass is 35.5. The van der Waals surface area contributed by atoms with Crippen LogP contribution in [0.15, 0.2) is 26.8 Å². The highest BCUT2D eigenvalue weighted by Crippen LogP contribution is 2.33. The molecule has 0 fully saturated rings. The summed E-state index contributed by atoms with van der Waals surface area (Å²) in [5.74, 6) is 0.0515. The van der Waals surface area contributed by atoms with E-state index in [1.165, 1.54) is 13.2 Å². The van der Waals surface area contributed by atoms with Crippen molar-refractivity contribution in [3.63, 3.8) is 0 Å². The number of benzene rings is 1. The smallest absolute Gasteiger partial charge is 0.325 e. The molecule has 1 aliphatic rings. The zero-order valence-corrected chi connectivity index (χ0v) is 25.9. The lowest BCUT2D eigenvalue weighted by atomic mass is 10.1. The Balaban J connectivity index is 0.000000252. The molecule has 2 N–H and O–H groups in total. The van der Waals surface area contributed by atoms with E-state index in [9.17, 15) is 14.0 Å². The summed E-state index contributed by atoms with van der Waals surface area (Å²) in [5, 5.41) is 6.51. The number of aromatic nitrogens is 5. The highest BCUT2D eigenvalue weighted by Gasteiger charge is 2.16. The third-order valence-corrected chi connectivity index (χ3v) is 7.60. The van der Waals surface area contributed by atoms with E-state index in [0.717, 1.165) is 48.6 Å². The first-order valence-electron chi connectivity index (χ1n) is 12.4. The van der Waals surface area contributed by atoms with Crippen molar-refractivity contribution in [3.05, 3.63) is 42.7 Å². The molecule has 3 aromatic rings. The number of nitrogens with one attached hydrogen (secondary N) is 2. The van der Waals surface area contributed by atoms with Crippen LogP contribution in [0.25, 0.3) is 0 Å². The standard InChI is InChI=1S/C15H15ClFN3O3S2.C9H16ClN5/c1-23-13(21)8-24-12-7-11(10(17)6-9(12)16)18-14-19-4-2-3-5-20(19)15(22)25-14;1-5-11-7-12-6(10)13-8(14-7)15-9(2,3)4/h6-7H,2-5,8H2,1H3;5H2,1-4H3,(H2,11,12,13,14,15)/b18-14-;. The Morgan fingerprint density at radius 2 is 1.85 bits per heavy atom. The number of halogens is 3. The van der Waals surface area contributed by atoms with Crippen LogP contribution in [0, 0.1) is 5.82 Å². The minimum atomic E-state index is -0.580. The molecule has 40 heavy (non-hydrogen) atoms. The number of nitrogens with zero attached hydrogens (tertiary/aromatic N) is 6. The van der Waals surface area contributed by atoms with Gasteiger partial charge in [-0.15, -0.1) is 11.8 Å². The summed E-state index contributed by atoms with van der Waals surface area (Å²) in [7, 11) is 1.30. The van der Waals surface area contributed by atoms with Gasteiger partial charge in [-0.2, -0.15) is 15.0 Å². The van der Waals surface area contributed by atoms with E-state index in [0.29, 0.717) is 34.7 Å². The molecular formula is C24H31Cl2FN8O3S2. The number of rotatable bonds is 7. The number of thioether (sulfide) groups is 1. The summed E-state index contributed by atoms with van der Waals surface area (Å²) in [6.07, 6.45) is 1.90. The van der Waals surface area contributed by atoms with Gasteiger partial charge in [0, 0.05) is 30.1 Å². The second kappa shape index (κ2) is 14.3. The molecule has 218 valence electrons. The number of hydrogen-bond acceptors (Lipinski definition) is 11. The van der Waals surface area contributed by atoms with Crippen molar-refractivity contribution in [3.8, 4) is 0 Å². The molecule has 0 atom stereocenters. The van der Waals surface area contributed by atoms with Crippen molar-refractivity contribution < 1.29 is 13.9 Å². The van der Waals surface area contributed by atoms with E-state index in [-0.39, 0.29) is 32.2 Å². The lowest BCUT2D eigenvalue weighted by Gasteiger charge is -2.20. The van der Waals surface area contributed by atoms with Crippen LogP contribution in [0.1, 0.15) is 40.5 Å². The van der Waals surface area contributed by atoms with Crippen LogP contribution in [-0.4, -0.2) is 55.2 Å². The molecular weight excluding hydrogens is 602 g/mol. The Morgan fingerprint density at radius 1 is 1.18 bits per heavy atom. The van der Waals surface area contributed by atoms with E-state index in [4.69, 9.17) is 23.2 Å². The SMILES string of the molecule is CCNc1nc(Cl)nc(NC(C)(C)C)n1.COC(=O)CSc1cc(/N=c2\sc(=O)n3n2CCCC3)c(F)cc1Cl. The number of carbonyl (C=O) groups excluding carboxylic acids is 1. The van der Waals surface area contributed by atoms with Gasteiger partial charge in [0.25, 0.3) is 0 Å². The Labute approximate surface area is 249 Å². The van der Waals surface area contributed by atoms with Crippen molar-refractivity contribution in [1.29, 1.82) is 0 Å². The molecule has 16 heteroatoms. The fraction of sp³-hybridized carbons (Fsp3) is 0.500. The third-order valence-electron chi connectivity index (χ3n) is 5.11. The maximum absolute atomic E-state index is 14.3. The second-order valence-corrected chi connectivity index (χ2v) is 12.2. The minimum Gasteiger partial charge on any atom is -0.468 e. The average molecular weight is 634 g/mol. The fourth-order valence-corrected chi connectivity index (χ4v) is 5.56. The van der Waals surface area contributed by atoms with Gasteiger partial charge in [0.1, 0.15) is 11.5 Å². The summed E-state index contributed by atoms with van der Waals surface area (Å²) >= 11 is 13.9. The normalized spacial score (nSPS) is 13.2. The largest absolute Gasteiger partial charge is 0.468 e. The second-order valence-electron chi connectivity index (χ2n) is 9.47. The maximum atomic E-state index is 14.3. The highest BCUT2D eigenvalue weighted by molar-refractivity contribution is 8.00. The zero-order valence-electron chi connectivity index (χ0n) is 22.8. The van der Waals surface area contributed by atoms with Gasteiger partial charge in [-0.25, -0.2) is 14.1 Å². The van der Waals surface area contributed by atoms with E-state index in [1.807, 2.05) is 27.7 Å². The van der Waals surface area contributed by atoms with Gasteiger partial charge in [-0.1, -0.05) is 11.6 Å². The van der Waals surface area contributed by atoms with Crippen LogP contribution < -0.4 is 20.3 Å². The number of fused-ring (bicyclic) bond motifs is 1. The average Bonchev–Trinajstić information content (AvgIpc) is 3.19. The van der Waals surface area contributed by atoms with E-state index < -0.39 is 11.8 Å². The number of ether oxygens (including phenoxy) is 1. The van der Waals surface area contributed by atoms with E-state index >= 15 is 0 Å². The Hall–Kier alpha value is -2.68. The molecule has 0 unspecified atom stereocenters. The van der Waals surface area contributed by atoms with Gasteiger partial charge in [0.15, 0.2) is 0 Å². The summed E-state index contributed by atoms with van der Waals surface area (Å²) in [4.78, 5) is 40.6. The fourth-order valence-electron chi connectivity index (χ4n) is 3.41. The first-order valence-corrected chi connectivity index (χ1v) is 14.9. The van der Waals surface area contributed by atoms with Crippen LogP contribution >= 0.6 is 46.3 Å². The van der Waals surface area contributed by atoms with Crippen LogP contribution in [0.2, 0.25) is 10.3 Å². The van der Waals surface area contributed by atoms with Crippen molar-refractivity contribution in [2.75, 3.05) is 30.0 Å². The predicted molar refractivity (Wildman–Crippen MR) is 158 cm³/mol. The van der Waals surface area contributed by atoms with E-state index in [1.54, 1.807) is 9.36 Å². The van der Waals surface area contributed by atoms with Crippen molar-refractivity contribution in [2.45, 2.75) is 64.1 Å². The molecule has 1 aromatic carbocycles. The summed E-state index contributed by atoms with van der Waals surface area (Å²) in [6, 6.07) is 2.64. The molecule has 2 aromatic heterocycles. The number of hydrogen-bond donors (Lipinski definition) is 2. The summed E-state index contributed by atoms with van der Waals surface area (Å²) < 4.78 is 22.3. The number of anilines is 2. The summed E-state index contributed by atoms with van der Waals surface area (Å²) in [6.45, 7) is 10.1. The van der Waals surface area contributed by atoms with Gasteiger partial charge < -0.3 is 15.4 Å². The van der Waals surface area contributed by atoms with Crippen LogP contribution in [0.5, 0.6) is 0 Å².